The van der Waals surface area contributed by atoms with E-state index in [9.17, 15) is 4.39 Å². The Morgan fingerprint density at radius 3 is 3.06 bits per heavy atom. The first-order chi connectivity index (χ1) is 8.69. The van der Waals surface area contributed by atoms with Gasteiger partial charge >= 0.3 is 0 Å². The molecular formula is C14H19ClFNO. The third-order valence-electron chi connectivity index (χ3n) is 3.45. The van der Waals surface area contributed by atoms with Gasteiger partial charge in [-0.05, 0) is 56.5 Å². The number of halogens is 2. The van der Waals surface area contributed by atoms with Crippen LogP contribution in [-0.2, 0) is 11.2 Å². The minimum atomic E-state index is -0.188. The summed E-state index contributed by atoms with van der Waals surface area (Å²) >= 11 is 5.90. The molecule has 2 nitrogen and oxygen atoms in total. The summed E-state index contributed by atoms with van der Waals surface area (Å²) in [5, 5.41) is 3.82. The van der Waals surface area contributed by atoms with Gasteiger partial charge in [-0.2, -0.15) is 0 Å². The van der Waals surface area contributed by atoms with Crippen LogP contribution >= 0.6 is 11.6 Å². The van der Waals surface area contributed by atoms with Crippen LogP contribution in [0.15, 0.2) is 18.2 Å². The zero-order valence-corrected chi connectivity index (χ0v) is 11.3. The lowest BCUT2D eigenvalue weighted by Gasteiger charge is -2.20. The van der Waals surface area contributed by atoms with E-state index in [1.54, 1.807) is 12.1 Å². The van der Waals surface area contributed by atoms with Crippen molar-refractivity contribution in [2.45, 2.75) is 37.8 Å². The van der Waals surface area contributed by atoms with Gasteiger partial charge in [0, 0.05) is 17.7 Å². The largest absolute Gasteiger partial charge is 0.378 e. The number of likely N-dealkylation sites (N-methyl/N-ethyl adjacent to an activating group) is 1. The molecule has 0 amide bonds. The van der Waals surface area contributed by atoms with Crippen molar-refractivity contribution in [3.8, 4) is 0 Å². The molecule has 1 heterocycles. The maximum absolute atomic E-state index is 13.7. The second-order valence-corrected chi connectivity index (χ2v) is 5.23. The van der Waals surface area contributed by atoms with Crippen LogP contribution in [0.4, 0.5) is 4.39 Å². The standard InChI is InChI=1S/C14H19ClFNO/c1-17-12(9-13-3-2-6-18-13)8-10-7-11(15)4-5-14(10)16/h4-5,7,12-13,17H,2-3,6,8-9H2,1H3. The van der Waals surface area contributed by atoms with Crippen LogP contribution in [0.1, 0.15) is 24.8 Å². The second kappa shape index (κ2) is 6.50. The summed E-state index contributed by atoms with van der Waals surface area (Å²) in [7, 11) is 1.90. The first kappa shape index (κ1) is 13.8. The fourth-order valence-corrected chi connectivity index (χ4v) is 2.61. The highest BCUT2D eigenvalue weighted by Gasteiger charge is 2.21. The van der Waals surface area contributed by atoms with Crippen molar-refractivity contribution >= 4 is 11.6 Å². The van der Waals surface area contributed by atoms with Crippen molar-refractivity contribution in [1.82, 2.24) is 5.32 Å². The van der Waals surface area contributed by atoms with Crippen LogP contribution in [0.25, 0.3) is 0 Å². The number of ether oxygens (including phenoxy) is 1. The van der Waals surface area contributed by atoms with Gasteiger partial charge in [0.25, 0.3) is 0 Å². The molecule has 1 aromatic rings. The quantitative estimate of drug-likeness (QED) is 0.888. The third-order valence-corrected chi connectivity index (χ3v) is 3.69. The summed E-state index contributed by atoms with van der Waals surface area (Å²) < 4.78 is 19.3. The lowest BCUT2D eigenvalue weighted by atomic mass is 9.99. The number of rotatable bonds is 5. The van der Waals surface area contributed by atoms with Gasteiger partial charge < -0.3 is 10.1 Å². The van der Waals surface area contributed by atoms with E-state index in [2.05, 4.69) is 5.32 Å². The molecule has 1 fully saturated rings. The van der Waals surface area contributed by atoms with Crippen LogP contribution < -0.4 is 5.32 Å². The molecule has 1 aliphatic rings. The molecule has 100 valence electrons. The van der Waals surface area contributed by atoms with Gasteiger partial charge in [0.15, 0.2) is 0 Å². The first-order valence-electron chi connectivity index (χ1n) is 6.42. The first-order valence-corrected chi connectivity index (χ1v) is 6.79. The second-order valence-electron chi connectivity index (χ2n) is 4.80. The summed E-state index contributed by atoms with van der Waals surface area (Å²) in [5.74, 6) is -0.188. The molecule has 2 atom stereocenters. The molecule has 0 saturated carbocycles. The highest BCUT2D eigenvalue weighted by atomic mass is 35.5. The SMILES string of the molecule is CNC(Cc1cc(Cl)ccc1F)CC1CCCO1. The van der Waals surface area contributed by atoms with E-state index in [1.807, 2.05) is 7.05 Å². The van der Waals surface area contributed by atoms with Crippen molar-refractivity contribution in [2.24, 2.45) is 0 Å². The predicted molar refractivity (Wildman–Crippen MR) is 71.6 cm³/mol. The zero-order valence-electron chi connectivity index (χ0n) is 10.6. The third kappa shape index (κ3) is 3.67. The molecule has 18 heavy (non-hydrogen) atoms. The van der Waals surface area contributed by atoms with E-state index in [0.717, 1.165) is 25.9 Å². The van der Waals surface area contributed by atoms with E-state index in [1.165, 1.54) is 6.07 Å². The van der Waals surface area contributed by atoms with Gasteiger partial charge in [-0.3, -0.25) is 0 Å². The molecule has 0 bridgehead atoms. The Morgan fingerprint density at radius 1 is 1.56 bits per heavy atom. The van der Waals surface area contributed by atoms with Crippen molar-refractivity contribution in [3.63, 3.8) is 0 Å². The summed E-state index contributed by atoms with van der Waals surface area (Å²) in [4.78, 5) is 0. The van der Waals surface area contributed by atoms with Crippen LogP contribution in [0.5, 0.6) is 0 Å². The number of hydrogen-bond acceptors (Lipinski definition) is 2. The summed E-state index contributed by atoms with van der Waals surface area (Å²) in [6.07, 6.45) is 4.11. The smallest absolute Gasteiger partial charge is 0.126 e. The topological polar surface area (TPSA) is 21.3 Å². The fourth-order valence-electron chi connectivity index (χ4n) is 2.42. The number of benzene rings is 1. The Labute approximate surface area is 112 Å². The lowest BCUT2D eigenvalue weighted by molar-refractivity contribution is 0.0953. The molecule has 2 rings (SSSR count). The van der Waals surface area contributed by atoms with Crippen molar-refractivity contribution in [3.05, 3.63) is 34.6 Å². The minimum absolute atomic E-state index is 0.188. The predicted octanol–water partition coefficient (Wildman–Crippen LogP) is 3.18. The summed E-state index contributed by atoms with van der Waals surface area (Å²) in [5.41, 5.74) is 0.667. The van der Waals surface area contributed by atoms with Gasteiger partial charge in [0.2, 0.25) is 0 Å². The van der Waals surface area contributed by atoms with E-state index in [-0.39, 0.29) is 11.9 Å². The van der Waals surface area contributed by atoms with Gasteiger partial charge in [-0.1, -0.05) is 11.6 Å². The van der Waals surface area contributed by atoms with Crippen molar-refractivity contribution in [1.29, 1.82) is 0 Å². The minimum Gasteiger partial charge on any atom is -0.378 e. The summed E-state index contributed by atoms with van der Waals surface area (Å²) in [6.45, 7) is 0.854. The lowest BCUT2D eigenvalue weighted by Crippen LogP contribution is -2.32. The van der Waals surface area contributed by atoms with E-state index >= 15 is 0 Å². The van der Waals surface area contributed by atoms with E-state index in [0.29, 0.717) is 23.1 Å². The van der Waals surface area contributed by atoms with E-state index < -0.39 is 0 Å². The van der Waals surface area contributed by atoms with Gasteiger partial charge in [-0.15, -0.1) is 0 Å². The monoisotopic (exact) mass is 271 g/mol. The van der Waals surface area contributed by atoms with Crippen molar-refractivity contribution < 1.29 is 9.13 Å². The van der Waals surface area contributed by atoms with Crippen molar-refractivity contribution in [2.75, 3.05) is 13.7 Å². The van der Waals surface area contributed by atoms with Crippen LogP contribution in [0.3, 0.4) is 0 Å². The zero-order chi connectivity index (χ0) is 13.0. The van der Waals surface area contributed by atoms with Gasteiger partial charge in [0.1, 0.15) is 5.82 Å². The molecular weight excluding hydrogens is 253 g/mol. The van der Waals surface area contributed by atoms with Gasteiger partial charge in [0.05, 0.1) is 6.10 Å². The van der Waals surface area contributed by atoms with Gasteiger partial charge in [-0.25, -0.2) is 4.39 Å². The molecule has 0 radical (unpaired) electrons. The average Bonchev–Trinajstić information content (AvgIpc) is 2.85. The number of nitrogens with one attached hydrogen (secondary N) is 1. The fraction of sp³-hybridized carbons (Fsp3) is 0.571. The Morgan fingerprint density at radius 2 is 2.39 bits per heavy atom. The van der Waals surface area contributed by atoms with Crippen LogP contribution in [0, 0.1) is 5.82 Å². The highest BCUT2D eigenvalue weighted by Crippen LogP contribution is 2.21. The molecule has 4 heteroatoms. The maximum atomic E-state index is 13.7. The Hall–Kier alpha value is -0.640. The Kier molecular flexibility index (Phi) is 4.98. The normalized spacial score (nSPS) is 21.2. The summed E-state index contributed by atoms with van der Waals surface area (Å²) in [6, 6.07) is 4.93. The highest BCUT2D eigenvalue weighted by molar-refractivity contribution is 6.30. The molecule has 0 spiro atoms. The molecule has 1 N–H and O–H groups in total. The molecule has 2 unspecified atom stereocenters. The molecule has 1 saturated heterocycles. The molecule has 0 aliphatic carbocycles. The number of hydrogen-bond donors (Lipinski definition) is 1. The maximum Gasteiger partial charge on any atom is 0.126 e. The van der Waals surface area contributed by atoms with Crippen LogP contribution in [0.2, 0.25) is 5.02 Å². The van der Waals surface area contributed by atoms with E-state index in [4.69, 9.17) is 16.3 Å². The van der Waals surface area contributed by atoms with Crippen LogP contribution in [-0.4, -0.2) is 25.8 Å². The molecule has 1 aromatic carbocycles. The Bertz CT molecular complexity index is 393. The molecule has 1 aliphatic heterocycles. The Balaban J connectivity index is 1.98. The average molecular weight is 272 g/mol. The molecule has 0 aromatic heterocycles.